The van der Waals surface area contributed by atoms with Gasteiger partial charge in [-0.25, -0.2) is 0 Å². The van der Waals surface area contributed by atoms with E-state index in [0.717, 1.165) is 11.8 Å². The second kappa shape index (κ2) is 5.09. The Kier molecular flexibility index (Phi) is 3.31. The Bertz CT molecular complexity index is 458. The molecule has 2 aliphatic rings. The first-order chi connectivity index (χ1) is 8.84. The summed E-state index contributed by atoms with van der Waals surface area (Å²) < 4.78 is 0. The molecule has 1 unspecified atom stereocenters. The van der Waals surface area contributed by atoms with Gasteiger partial charge >= 0.3 is 0 Å². The van der Waals surface area contributed by atoms with Gasteiger partial charge in [0, 0.05) is 12.1 Å². The van der Waals surface area contributed by atoms with Crippen molar-refractivity contribution in [2.45, 2.75) is 32.6 Å². The highest BCUT2D eigenvalue weighted by atomic mass is 14.7. The predicted octanol–water partition coefficient (Wildman–Crippen LogP) is 4.45. The van der Waals surface area contributed by atoms with Crippen LogP contribution in [0.15, 0.2) is 47.6 Å². The Morgan fingerprint density at radius 2 is 1.94 bits per heavy atom. The van der Waals surface area contributed by atoms with Crippen LogP contribution in [0.2, 0.25) is 0 Å². The molecule has 1 saturated carbocycles. The Balaban J connectivity index is 1.93. The Morgan fingerprint density at radius 1 is 1.11 bits per heavy atom. The molecule has 1 aliphatic heterocycles. The fraction of sp³-hybridized carbons (Fsp3) is 0.471. The summed E-state index contributed by atoms with van der Waals surface area (Å²) in [7, 11) is 0. The van der Waals surface area contributed by atoms with Crippen LogP contribution < -0.4 is 0 Å². The fourth-order valence-corrected chi connectivity index (χ4v) is 3.48. The number of hydrogen-bond acceptors (Lipinski definition) is 1. The summed E-state index contributed by atoms with van der Waals surface area (Å²) >= 11 is 0. The molecule has 1 nitrogen and oxygen atoms in total. The van der Waals surface area contributed by atoms with Crippen molar-refractivity contribution in [1.82, 2.24) is 0 Å². The topological polar surface area (TPSA) is 12.4 Å². The van der Waals surface area contributed by atoms with E-state index in [1.807, 2.05) is 6.20 Å². The lowest BCUT2D eigenvalue weighted by molar-refractivity contribution is 0.242. The van der Waals surface area contributed by atoms with E-state index in [-0.39, 0.29) is 0 Å². The molecule has 1 heteroatoms. The van der Waals surface area contributed by atoms with Crippen LogP contribution in [0.1, 0.15) is 38.2 Å². The Labute approximate surface area is 110 Å². The van der Waals surface area contributed by atoms with Gasteiger partial charge in [0.05, 0.1) is 5.71 Å². The molecule has 0 aromatic heterocycles. The molecule has 0 amide bonds. The van der Waals surface area contributed by atoms with Crippen LogP contribution in [0.25, 0.3) is 0 Å². The van der Waals surface area contributed by atoms with Crippen LogP contribution in [-0.4, -0.2) is 5.71 Å². The molecule has 1 aliphatic carbocycles. The van der Waals surface area contributed by atoms with Crippen LogP contribution in [0.3, 0.4) is 0 Å². The highest BCUT2D eigenvalue weighted by molar-refractivity contribution is 6.03. The van der Waals surface area contributed by atoms with E-state index < -0.39 is 0 Å². The number of fused-ring (bicyclic) bond motifs is 1. The summed E-state index contributed by atoms with van der Waals surface area (Å²) in [6.45, 7) is 2.39. The van der Waals surface area contributed by atoms with E-state index >= 15 is 0 Å². The third kappa shape index (κ3) is 2.27. The minimum Gasteiger partial charge on any atom is -0.261 e. The number of aliphatic imine (C=N–C) groups is 1. The zero-order chi connectivity index (χ0) is 12.4. The maximum absolute atomic E-state index is 4.74. The molecule has 1 aromatic rings. The molecule has 3 atom stereocenters. The molecule has 1 fully saturated rings. The normalized spacial score (nSPS) is 31.4. The van der Waals surface area contributed by atoms with Gasteiger partial charge in [0.25, 0.3) is 0 Å². The Hall–Kier alpha value is -1.37. The predicted molar refractivity (Wildman–Crippen MR) is 76.7 cm³/mol. The second-order valence-corrected chi connectivity index (χ2v) is 5.79. The minimum absolute atomic E-state index is 0.665. The van der Waals surface area contributed by atoms with Crippen molar-refractivity contribution < 1.29 is 0 Å². The van der Waals surface area contributed by atoms with Crippen LogP contribution in [0.4, 0.5) is 0 Å². The molecule has 94 valence electrons. The van der Waals surface area contributed by atoms with Crippen molar-refractivity contribution in [2.75, 3.05) is 0 Å². The van der Waals surface area contributed by atoms with E-state index in [1.54, 1.807) is 0 Å². The van der Waals surface area contributed by atoms with Crippen LogP contribution in [0.5, 0.6) is 0 Å². The van der Waals surface area contributed by atoms with Gasteiger partial charge in [0.15, 0.2) is 0 Å². The molecular formula is C17H21N. The molecule has 1 aromatic carbocycles. The van der Waals surface area contributed by atoms with E-state index in [2.05, 4.69) is 43.3 Å². The monoisotopic (exact) mass is 239 g/mol. The number of benzene rings is 1. The van der Waals surface area contributed by atoms with E-state index in [0.29, 0.717) is 5.92 Å². The molecule has 0 spiro atoms. The second-order valence-electron chi connectivity index (χ2n) is 5.79. The maximum atomic E-state index is 4.74. The van der Waals surface area contributed by atoms with Gasteiger partial charge in [0.2, 0.25) is 0 Å². The zero-order valence-electron chi connectivity index (χ0n) is 11.0. The van der Waals surface area contributed by atoms with Crippen molar-refractivity contribution >= 4 is 5.71 Å². The molecule has 3 rings (SSSR count). The lowest BCUT2D eigenvalue weighted by Gasteiger charge is -2.34. The Morgan fingerprint density at radius 3 is 2.78 bits per heavy atom. The first-order valence-electron chi connectivity index (χ1n) is 7.12. The fourth-order valence-electron chi connectivity index (χ4n) is 3.48. The van der Waals surface area contributed by atoms with Crippen molar-refractivity contribution in [1.29, 1.82) is 0 Å². The third-order valence-electron chi connectivity index (χ3n) is 4.42. The van der Waals surface area contributed by atoms with Gasteiger partial charge in [-0.1, -0.05) is 49.8 Å². The molecule has 1 heterocycles. The van der Waals surface area contributed by atoms with Gasteiger partial charge in [-0.15, -0.1) is 0 Å². The molecule has 18 heavy (non-hydrogen) atoms. The summed E-state index contributed by atoms with van der Waals surface area (Å²) in [5.41, 5.74) is 2.63. The van der Waals surface area contributed by atoms with E-state index in [4.69, 9.17) is 4.99 Å². The average Bonchev–Trinajstić information content (AvgIpc) is 2.61. The maximum Gasteiger partial charge on any atom is 0.0509 e. The van der Waals surface area contributed by atoms with Gasteiger partial charge in [0.1, 0.15) is 0 Å². The van der Waals surface area contributed by atoms with Crippen LogP contribution in [-0.2, 0) is 0 Å². The third-order valence-corrected chi connectivity index (χ3v) is 4.42. The zero-order valence-corrected chi connectivity index (χ0v) is 11.0. The van der Waals surface area contributed by atoms with Crippen molar-refractivity contribution in [3.63, 3.8) is 0 Å². The first-order valence-corrected chi connectivity index (χ1v) is 7.12. The summed E-state index contributed by atoms with van der Waals surface area (Å²) in [5.74, 6) is 2.35. The molecule has 0 bridgehead atoms. The number of allylic oxidation sites excluding steroid dienone is 1. The first kappa shape index (κ1) is 11.7. The SMILES string of the molecule is C[C@@H]1CCC2C(c3ccccc3)=NC=CC[C@@H]2C1. The summed E-state index contributed by atoms with van der Waals surface area (Å²) in [5, 5.41) is 0. The molecule has 0 saturated heterocycles. The minimum atomic E-state index is 0.665. The van der Waals surface area contributed by atoms with Gasteiger partial charge in [-0.05, 0) is 36.7 Å². The molecule has 0 radical (unpaired) electrons. The largest absolute Gasteiger partial charge is 0.261 e. The quantitative estimate of drug-likeness (QED) is 0.686. The summed E-state index contributed by atoms with van der Waals surface area (Å²) in [4.78, 5) is 4.74. The smallest absolute Gasteiger partial charge is 0.0509 e. The van der Waals surface area contributed by atoms with Crippen molar-refractivity contribution in [3.05, 3.63) is 48.2 Å². The van der Waals surface area contributed by atoms with Crippen LogP contribution in [0, 0.1) is 17.8 Å². The lowest BCUT2D eigenvalue weighted by Crippen LogP contribution is -2.29. The summed E-state index contributed by atoms with van der Waals surface area (Å²) in [6.07, 6.45) is 9.50. The van der Waals surface area contributed by atoms with Gasteiger partial charge in [-0.2, -0.15) is 0 Å². The van der Waals surface area contributed by atoms with E-state index in [9.17, 15) is 0 Å². The van der Waals surface area contributed by atoms with Crippen LogP contribution >= 0.6 is 0 Å². The lowest BCUT2D eigenvalue weighted by atomic mass is 9.70. The van der Waals surface area contributed by atoms with Crippen molar-refractivity contribution in [2.24, 2.45) is 22.7 Å². The standard InChI is InChI=1S/C17H21N/c1-13-9-10-16-15(12-13)8-5-11-18-17(16)14-6-3-2-4-7-14/h2-7,11,13,15-16H,8-10,12H2,1H3/t13-,15-,16?/m1/s1. The average molecular weight is 239 g/mol. The molecular weight excluding hydrogens is 218 g/mol. The van der Waals surface area contributed by atoms with Gasteiger partial charge in [-0.3, -0.25) is 4.99 Å². The number of hydrogen-bond donors (Lipinski definition) is 0. The number of nitrogens with zero attached hydrogens (tertiary/aromatic N) is 1. The van der Waals surface area contributed by atoms with Crippen molar-refractivity contribution in [3.8, 4) is 0 Å². The van der Waals surface area contributed by atoms with Gasteiger partial charge < -0.3 is 0 Å². The molecule has 0 N–H and O–H groups in total. The summed E-state index contributed by atoms with van der Waals surface area (Å²) in [6, 6.07) is 10.7. The van der Waals surface area contributed by atoms with E-state index in [1.165, 1.54) is 37.0 Å². The highest BCUT2D eigenvalue weighted by Gasteiger charge is 2.32. The number of rotatable bonds is 1. The highest BCUT2D eigenvalue weighted by Crippen LogP contribution is 2.39.